The van der Waals surface area contributed by atoms with E-state index in [2.05, 4.69) is 15.3 Å². The standard InChI is InChI=1S/C15H12FN3O2S/c1-2-21-14-10(4-3-7-17-14)13(20)19-15-18-11-6-5-9(16)8-12(11)22-15/h3-8H,2H2,1H3,(H,18,19,20). The molecule has 0 radical (unpaired) electrons. The summed E-state index contributed by atoms with van der Waals surface area (Å²) in [5.74, 6) is -0.425. The fraction of sp³-hybridized carbons (Fsp3) is 0.133. The van der Waals surface area contributed by atoms with E-state index in [1.807, 2.05) is 6.92 Å². The average molecular weight is 317 g/mol. The minimum atomic E-state index is -0.365. The Labute approximate surface area is 129 Å². The van der Waals surface area contributed by atoms with Crippen molar-refractivity contribution in [1.29, 1.82) is 0 Å². The first-order chi connectivity index (χ1) is 10.7. The molecule has 3 aromatic rings. The number of carbonyl (C=O) groups is 1. The number of rotatable bonds is 4. The summed E-state index contributed by atoms with van der Waals surface area (Å²) in [6, 6.07) is 7.58. The number of nitrogens with zero attached hydrogens (tertiary/aromatic N) is 2. The molecule has 0 fully saturated rings. The number of aromatic nitrogens is 2. The minimum absolute atomic E-state index is 0.273. The van der Waals surface area contributed by atoms with Gasteiger partial charge in [-0.05, 0) is 37.3 Å². The SMILES string of the molecule is CCOc1ncccc1C(=O)Nc1nc2ccc(F)cc2s1. The predicted octanol–water partition coefficient (Wildman–Crippen LogP) is 3.48. The second kappa shape index (κ2) is 6.07. The molecule has 112 valence electrons. The Morgan fingerprint density at radius 1 is 1.41 bits per heavy atom. The zero-order valence-electron chi connectivity index (χ0n) is 11.7. The van der Waals surface area contributed by atoms with E-state index in [4.69, 9.17) is 4.74 Å². The second-order valence-electron chi connectivity index (χ2n) is 4.37. The fourth-order valence-corrected chi connectivity index (χ4v) is 2.82. The quantitative estimate of drug-likeness (QED) is 0.800. The molecule has 0 aliphatic rings. The molecule has 0 spiro atoms. The van der Waals surface area contributed by atoms with Gasteiger partial charge in [0.15, 0.2) is 5.13 Å². The lowest BCUT2D eigenvalue weighted by Gasteiger charge is -2.07. The van der Waals surface area contributed by atoms with Crippen molar-refractivity contribution < 1.29 is 13.9 Å². The van der Waals surface area contributed by atoms with Crippen LogP contribution in [0.1, 0.15) is 17.3 Å². The molecule has 0 saturated heterocycles. The molecule has 7 heteroatoms. The summed E-state index contributed by atoms with van der Waals surface area (Å²) in [5.41, 5.74) is 0.965. The van der Waals surface area contributed by atoms with Gasteiger partial charge in [-0.3, -0.25) is 10.1 Å². The lowest BCUT2D eigenvalue weighted by atomic mass is 10.2. The van der Waals surface area contributed by atoms with Gasteiger partial charge in [0.2, 0.25) is 5.88 Å². The molecule has 0 saturated carbocycles. The first-order valence-electron chi connectivity index (χ1n) is 6.62. The third-order valence-corrected chi connectivity index (χ3v) is 3.80. The summed E-state index contributed by atoms with van der Waals surface area (Å²) in [5, 5.41) is 3.09. The maximum atomic E-state index is 13.2. The van der Waals surface area contributed by atoms with Crippen LogP contribution in [0.3, 0.4) is 0 Å². The van der Waals surface area contributed by atoms with Crippen LogP contribution in [0, 0.1) is 5.82 Å². The summed E-state index contributed by atoms with van der Waals surface area (Å²) >= 11 is 1.21. The maximum absolute atomic E-state index is 13.2. The van der Waals surface area contributed by atoms with Crippen LogP contribution in [0.5, 0.6) is 5.88 Å². The van der Waals surface area contributed by atoms with Crippen LogP contribution < -0.4 is 10.1 Å². The number of fused-ring (bicyclic) bond motifs is 1. The third kappa shape index (κ3) is 2.89. The second-order valence-corrected chi connectivity index (χ2v) is 5.40. The Bertz CT molecular complexity index is 835. The van der Waals surface area contributed by atoms with Gasteiger partial charge in [-0.25, -0.2) is 14.4 Å². The van der Waals surface area contributed by atoms with E-state index in [1.165, 1.54) is 23.5 Å². The van der Waals surface area contributed by atoms with Gasteiger partial charge in [0, 0.05) is 6.20 Å². The van der Waals surface area contributed by atoms with Crippen molar-refractivity contribution in [3.63, 3.8) is 0 Å². The van der Waals surface area contributed by atoms with Gasteiger partial charge in [-0.1, -0.05) is 11.3 Å². The van der Waals surface area contributed by atoms with Crippen molar-refractivity contribution in [2.75, 3.05) is 11.9 Å². The molecule has 0 unspecified atom stereocenters. The Morgan fingerprint density at radius 3 is 3.09 bits per heavy atom. The third-order valence-electron chi connectivity index (χ3n) is 2.87. The summed E-state index contributed by atoms with van der Waals surface area (Å²) in [6.07, 6.45) is 1.56. The molecular formula is C15H12FN3O2S. The highest BCUT2D eigenvalue weighted by Crippen LogP contribution is 2.27. The number of halogens is 1. The van der Waals surface area contributed by atoms with Crippen molar-refractivity contribution in [3.8, 4) is 5.88 Å². The first kappa shape index (κ1) is 14.4. The highest BCUT2D eigenvalue weighted by atomic mass is 32.1. The van der Waals surface area contributed by atoms with E-state index in [1.54, 1.807) is 24.4 Å². The van der Waals surface area contributed by atoms with E-state index in [9.17, 15) is 9.18 Å². The summed E-state index contributed by atoms with van der Waals surface area (Å²) in [7, 11) is 0. The highest BCUT2D eigenvalue weighted by molar-refractivity contribution is 7.22. The Morgan fingerprint density at radius 2 is 2.27 bits per heavy atom. The van der Waals surface area contributed by atoms with Crippen molar-refractivity contribution in [2.24, 2.45) is 0 Å². The van der Waals surface area contributed by atoms with Gasteiger partial charge >= 0.3 is 0 Å². The van der Waals surface area contributed by atoms with Crippen molar-refractivity contribution in [3.05, 3.63) is 47.9 Å². The lowest BCUT2D eigenvalue weighted by Crippen LogP contribution is -2.14. The smallest absolute Gasteiger partial charge is 0.262 e. The maximum Gasteiger partial charge on any atom is 0.262 e. The number of amides is 1. The van der Waals surface area contributed by atoms with Crippen LogP contribution in [-0.2, 0) is 0 Å². The highest BCUT2D eigenvalue weighted by Gasteiger charge is 2.15. The average Bonchev–Trinajstić information content (AvgIpc) is 2.89. The Hall–Kier alpha value is -2.54. The molecule has 0 aliphatic heterocycles. The van der Waals surface area contributed by atoms with E-state index in [0.29, 0.717) is 27.5 Å². The zero-order chi connectivity index (χ0) is 15.5. The van der Waals surface area contributed by atoms with Gasteiger partial charge in [0.1, 0.15) is 11.4 Å². The van der Waals surface area contributed by atoms with Gasteiger partial charge in [-0.15, -0.1) is 0 Å². The first-order valence-corrected chi connectivity index (χ1v) is 7.44. The van der Waals surface area contributed by atoms with Crippen LogP contribution in [-0.4, -0.2) is 22.5 Å². The number of pyridine rings is 1. The fourth-order valence-electron chi connectivity index (χ4n) is 1.93. The van der Waals surface area contributed by atoms with Gasteiger partial charge in [0.05, 0.1) is 16.8 Å². The van der Waals surface area contributed by atoms with E-state index < -0.39 is 0 Å². The number of carbonyl (C=O) groups excluding carboxylic acids is 1. The van der Waals surface area contributed by atoms with Gasteiger partial charge < -0.3 is 4.74 Å². The monoisotopic (exact) mass is 317 g/mol. The molecule has 3 rings (SSSR count). The molecule has 5 nitrogen and oxygen atoms in total. The van der Waals surface area contributed by atoms with E-state index in [0.717, 1.165) is 0 Å². The zero-order valence-corrected chi connectivity index (χ0v) is 12.5. The van der Waals surface area contributed by atoms with Crippen LogP contribution in [0.2, 0.25) is 0 Å². The number of hydrogen-bond donors (Lipinski definition) is 1. The lowest BCUT2D eigenvalue weighted by molar-refractivity contribution is 0.102. The summed E-state index contributed by atoms with van der Waals surface area (Å²) in [4.78, 5) is 20.6. The van der Waals surface area contributed by atoms with E-state index >= 15 is 0 Å². The number of hydrogen-bond acceptors (Lipinski definition) is 5. The number of thiazole rings is 1. The normalized spacial score (nSPS) is 10.6. The molecule has 2 aromatic heterocycles. The van der Waals surface area contributed by atoms with Crippen LogP contribution in [0.15, 0.2) is 36.5 Å². The molecule has 0 aliphatic carbocycles. The van der Waals surface area contributed by atoms with Crippen LogP contribution in [0.25, 0.3) is 10.2 Å². The van der Waals surface area contributed by atoms with Crippen molar-refractivity contribution in [1.82, 2.24) is 9.97 Å². The van der Waals surface area contributed by atoms with E-state index in [-0.39, 0.29) is 17.6 Å². The molecule has 0 bridgehead atoms. The number of nitrogens with one attached hydrogen (secondary N) is 1. The molecule has 1 N–H and O–H groups in total. The molecular weight excluding hydrogens is 305 g/mol. The number of ether oxygens (including phenoxy) is 1. The number of anilines is 1. The minimum Gasteiger partial charge on any atom is -0.477 e. The summed E-state index contributed by atoms with van der Waals surface area (Å²) < 4.78 is 19.2. The van der Waals surface area contributed by atoms with Crippen LogP contribution >= 0.6 is 11.3 Å². The molecule has 22 heavy (non-hydrogen) atoms. The molecule has 2 heterocycles. The largest absolute Gasteiger partial charge is 0.477 e. The predicted molar refractivity (Wildman–Crippen MR) is 82.9 cm³/mol. The number of benzene rings is 1. The van der Waals surface area contributed by atoms with Gasteiger partial charge in [-0.2, -0.15) is 0 Å². The topological polar surface area (TPSA) is 64.1 Å². The van der Waals surface area contributed by atoms with Crippen LogP contribution in [0.4, 0.5) is 9.52 Å². The molecule has 1 amide bonds. The van der Waals surface area contributed by atoms with Crippen molar-refractivity contribution >= 4 is 32.6 Å². The van der Waals surface area contributed by atoms with Crippen molar-refractivity contribution in [2.45, 2.75) is 6.92 Å². The molecule has 0 atom stereocenters. The Balaban J connectivity index is 1.86. The molecule has 1 aromatic carbocycles. The summed E-state index contributed by atoms with van der Waals surface area (Å²) in [6.45, 7) is 2.23. The Kier molecular flexibility index (Phi) is 3.97. The van der Waals surface area contributed by atoms with Gasteiger partial charge in [0.25, 0.3) is 5.91 Å².